The summed E-state index contributed by atoms with van der Waals surface area (Å²) in [5, 5.41) is 5.03. The molecule has 7 nitrogen and oxygen atoms in total. The minimum Gasteiger partial charge on any atom is -0.454 e. The fourth-order valence-corrected chi connectivity index (χ4v) is 2.36. The van der Waals surface area contributed by atoms with Gasteiger partial charge in [0.25, 0.3) is 5.91 Å². The molecule has 2 amide bonds. The Hall–Kier alpha value is -1.93. The van der Waals surface area contributed by atoms with E-state index in [4.69, 9.17) is 9.47 Å². The Balaban J connectivity index is 1.66. The van der Waals surface area contributed by atoms with E-state index in [1.165, 1.54) is 0 Å². The largest absolute Gasteiger partial charge is 0.454 e. The van der Waals surface area contributed by atoms with E-state index in [0.29, 0.717) is 18.7 Å². The highest BCUT2D eigenvalue weighted by Gasteiger charge is 2.25. The molecule has 1 aliphatic heterocycles. The number of nitrogens with one attached hydrogen (secondary N) is 2. The van der Waals surface area contributed by atoms with Crippen molar-refractivity contribution in [2.75, 3.05) is 25.1 Å². The van der Waals surface area contributed by atoms with E-state index in [9.17, 15) is 14.4 Å². The quantitative estimate of drug-likeness (QED) is 0.719. The third kappa shape index (κ3) is 5.65. The number of rotatable bonds is 6. The minimum absolute atomic E-state index is 0.211. The van der Waals surface area contributed by atoms with Crippen molar-refractivity contribution in [3.8, 4) is 0 Å². The molecule has 1 aromatic rings. The Bertz CT molecular complexity index is 587. The summed E-state index contributed by atoms with van der Waals surface area (Å²) in [6.45, 7) is -0.111. The number of carbonyl (C=O) groups excluding carboxylic acids is 3. The molecule has 0 aromatic heterocycles. The molecule has 8 heteroatoms. The van der Waals surface area contributed by atoms with Crippen LogP contribution in [-0.2, 0) is 23.9 Å². The van der Waals surface area contributed by atoms with Crippen LogP contribution in [0.2, 0.25) is 0 Å². The number of esters is 1. The summed E-state index contributed by atoms with van der Waals surface area (Å²) in [5.41, 5.74) is 0.608. The molecule has 0 radical (unpaired) electrons. The van der Waals surface area contributed by atoms with Crippen molar-refractivity contribution in [2.45, 2.75) is 18.9 Å². The average molecular weight is 385 g/mol. The standard InChI is InChI=1S/C15H17BrN2O5/c16-10-4-1-2-5-11(10)18-13(19)8-17-14(20)9-23-15(21)12-6-3-7-22-12/h1-2,4-5,12H,3,6-9H2,(H,17,20)(H,18,19)/t12-/m0/s1. The van der Waals surface area contributed by atoms with E-state index < -0.39 is 24.6 Å². The Morgan fingerprint density at radius 2 is 2.04 bits per heavy atom. The SMILES string of the molecule is O=C(COC(=O)[C@@H]1CCCO1)NCC(=O)Nc1ccccc1Br. The van der Waals surface area contributed by atoms with Crippen LogP contribution in [0, 0.1) is 0 Å². The number of anilines is 1. The van der Waals surface area contributed by atoms with Gasteiger partial charge in [-0.3, -0.25) is 9.59 Å². The predicted molar refractivity (Wildman–Crippen MR) is 85.7 cm³/mol. The molecule has 0 saturated carbocycles. The molecule has 0 bridgehead atoms. The van der Waals surface area contributed by atoms with Crippen molar-refractivity contribution in [3.63, 3.8) is 0 Å². The summed E-state index contributed by atoms with van der Waals surface area (Å²) < 4.78 is 10.7. The van der Waals surface area contributed by atoms with E-state index in [2.05, 4.69) is 26.6 Å². The predicted octanol–water partition coefficient (Wildman–Crippen LogP) is 1.23. The van der Waals surface area contributed by atoms with Crippen molar-refractivity contribution >= 4 is 39.4 Å². The molecule has 2 N–H and O–H groups in total. The van der Waals surface area contributed by atoms with Crippen LogP contribution >= 0.6 is 15.9 Å². The number of amides is 2. The second-order valence-electron chi connectivity index (χ2n) is 4.91. The highest BCUT2D eigenvalue weighted by Crippen LogP contribution is 2.20. The zero-order chi connectivity index (χ0) is 16.7. The second-order valence-corrected chi connectivity index (χ2v) is 5.77. The van der Waals surface area contributed by atoms with Gasteiger partial charge in [0.05, 0.1) is 12.2 Å². The molecular formula is C15H17BrN2O5. The first-order valence-electron chi connectivity index (χ1n) is 7.15. The van der Waals surface area contributed by atoms with E-state index in [0.717, 1.165) is 10.9 Å². The van der Waals surface area contributed by atoms with Gasteiger partial charge in [-0.15, -0.1) is 0 Å². The molecule has 1 aromatic carbocycles. The molecule has 1 saturated heterocycles. The first kappa shape index (κ1) is 17.4. The number of para-hydroxylation sites is 1. The van der Waals surface area contributed by atoms with E-state index in [-0.39, 0.29) is 12.5 Å². The smallest absolute Gasteiger partial charge is 0.335 e. The van der Waals surface area contributed by atoms with Gasteiger partial charge in [0.1, 0.15) is 0 Å². The van der Waals surface area contributed by atoms with Crippen LogP contribution in [0.15, 0.2) is 28.7 Å². The van der Waals surface area contributed by atoms with Crippen molar-refractivity contribution < 1.29 is 23.9 Å². The van der Waals surface area contributed by atoms with Crippen molar-refractivity contribution in [1.82, 2.24) is 5.32 Å². The van der Waals surface area contributed by atoms with Crippen LogP contribution in [0.4, 0.5) is 5.69 Å². The maximum Gasteiger partial charge on any atom is 0.335 e. The lowest BCUT2D eigenvalue weighted by molar-refractivity contribution is -0.157. The highest BCUT2D eigenvalue weighted by molar-refractivity contribution is 9.10. The summed E-state index contributed by atoms with van der Waals surface area (Å²) in [6.07, 6.45) is 0.831. The Morgan fingerprint density at radius 3 is 2.74 bits per heavy atom. The molecule has 1 fully saturated rings. The zero-order valence-electron chi connectivity index (χ0n) is 12.3. The van der Waals surface area contributed by atoms with Crippen LogP contribution in [0.5, 0.6) is 0 Å². The normalized spacial score (nSPS) is 16.7. The first-order chi connectivity index (χ1) is 11.1. The van der Waals surface area contributed by atoms with Gasteiger partial charge >= 0.3 is 5.97 Å². The van der Waals surface area contributed by atoms with Gasteiger partial charge < -0.3 is 20.1 Å². The number of hydrogen-bond donors (Lipinski definition) is 2. The summed E-state index contributed by atoms with van der Waals surface area (Å²) in [4.78, 5) is 34.9. The molecule has 124 valence electrons. The molecule has 2 rings (SSSR count). The molecule has 0 spiro atoms. The molecule has 1 aliphatic rings. The van der Waals surface area contributed by atoms with Gasteiger partial charge in [0, 0.05) is 11.1 Å². The lowest BCUT2D eigenvalue weighted by atomic mass is 10.2. The van der Waals surface area contributed by atoms with E-state index in [1.807, 2.05) is 6.07 Å². The monoisotopic (exact) mass is 384 g/mol. The Morgan fingerprint density at radius 1 is 1.26 bits per heavy atom. The van der Waals surface area contributed by atoms with E-state index in [1.54, 1.807) is 18.2 Å². The van der Waals surface area contributed by atoms with Gasteiger partial charge in [0.2, 0.25) is 5.91 Å². The van der Waals surface area contributed by atoms with Crippen molar-refractivity contribution in [2.24, 2.45) is 0 Å². The third-order valence-electron chi connectivity index (χ3n) is 3.13. The summed E-state index contributed by atoms with van der Waals surface area (Å²) >= 11 is 3.31. The molecular weight excluding hydrogens is 368 g/mol. The van der Waals surface area contributed by atoms with Gasteiger partial charge in [0.15, 0.2) is 12.7 Å². The Kier molecular flexibility index (Phi) is 6.54. The van der Waals surface area contributed by atoms with Crippen LogP contribution in [0.25, 0.3) is 0 Å². The van der Waals surface area contributed by atoms with Crippen LogP contribution < -0.4 is 10.6 Å². The van der Waals surface area contributed by atoms with Crippen molar-refractivity contribution in [1.29, 1.82) is 0 Å². The van der Waals surface area contributed by atoms with Gasteiger partial charge in [-0.25, -0.2) is 4.79 Å². The number of benzene rings is 1. The summed E-state index contributed by atoms with van der Waals surface area (Å²) in [7, 11) is 0. The van der Waals surface area contributed by atoms with Crippen LogP contribution in [0.3, 0.4) is 0 Å². The first-order valence-corrected chi connectivity index (χ1v) is 7.95. The number of halogens is 1. The number of hydrogen-bond acceptors (Lipinski definition) is 5. The lowest BCUT2D eigenvalue weighted by Gasteiger charge is -2.10. The van der Waals surface area contributed by atoms with Crippen LogP contribution in [0.1, 0.15) is 12.8 Å². The maximum atomic E-state index is 11.7. The molecule has 23 heavy (non-hydrogen) atoms. The zero-order valence-corrected chi connectivity index (χ0v) is 13.9. The fraction of sp³-hybridized carbons (Fsp3) is 0.400. The minimum atomic E-state index is -0.582. The van der Waals surface area contributed by atoms with Crippen LogP contribution in [-0.4, -0.2) is 43.6 Å². The van der Waals surface area contributed by atoms with Gasteiger partial charge in [-0.1, -0.05) is 12.1 Å². The lowest BCUT2D eigenvalue weighted by Crippen LogP contribution is -2.36. The molecule has 0 aliphatic carbocycles. The van der Waals surface area contributed by atoms with Gasteiger partial charge in [-0.2, -0.15) is 0 Å². The second kappa shape index (κ2) is 8.64. The highest BCUT2D eigenvalue weighted by atomic mass is 79.9. The topological polar surface area (TPSA) is 93.7 Å². The number of carbonyl (C=O) groups is 3. The Labute approximate surface area is 141 Å². The average Bonchev–Trinajstić information content (AvgIpc) is 3.07. The summed E-state index contributed by atoms with van der Waals surface area (Å²) in [5.74, 6) is -1.47. The summed E-state index contributed by atoms with van der Waals surface area (Å²) in [6, 6.07) is 7.12. The maximum absolute atomic E-state index is 11.7. The third-order valence-corrected chi connectivity index (χ3v) is 3.82. The van der Waals surface area contributed by atoms with Crippen molar-refractivity contribution in [3.05, 3.63) is 28.7 Å². The molecule has 1 heterocycles. The fourth-order valence-electron chi connectivity index (χ4n) is 1.98. The van der Waals surface area contributed by atoms with Gasteiger partial charge in [-0.05, 0) is 40.9 Å². The number of ether oxygens (including phenoxy) is 2. The molecule has 0 unspecified atom stereocenters. The van der Waals surface area contributed by atoms with E-state index >= 15 is 0 Å². The molecule has 1 atom stereocenters.